The number of carbonyl (C=O) groups excluding carboxylic acids is 1. The summed E-state index contributed by atoms with van der Waals surface area (Å²) >= 11 is 14.2. The van der Waals surface area contributed by atoms with Crippen molar-refractivity contribution in [3.8, 4) is 5.69 Å². The minimum absolute atomic E-state index is 0.164. The Labute approximate surface area is 142 Å². The van der Waals surface area contributed by atoms with Crippen LogP contribution in [0.5, 0.6) is 0 Å². The molecule has 1 aromatic carbocycles. The average Bonchev–Trinajstić information content (AvgIpc) is 3.08. The van der Waals surface area contributed by atoms with Gasteiger partial charge in [-0.05, 0) is 18.6 Å². The SMILES string of the molecule is CC1CC(NC(=O)c2cnnn2-c2c(Cl)cccc2Cl)CS1. The molecule has 116 valence electrons. The Morgan fingerprint density at radius 2 is 2.14 bits per heavy atom. The number of thioether (sulfide) groups is 1. The van der Waals surface area contributed by atoms with Crippen LogP contribution in [0.2, 0.25) is 10.0 Å². The van der Waals surface area contributed by atoms with Gasteiger partial charge in [-0.2, -0.15) is 11.8 Å². The molecule has 0 bridgehead atoms. The maximum Gasteiger partial charge on any atom is 0.271 e. The predicted octanol–water partition coefficient (Wildman–Crippen LogP) is 3.20. The van der Waals surface area contributed by atoms with Crippen molar-refractivity contribution in [2.24, 2.45) is 0 Å². The fourth-order valence-corrected chi connectivity index (χ4v) is 4.13. The molecule has 1 aliphatic rings. The monoisotopic (exact) mass is 356 g/mol. The fraction of sp³-hybridized carbons (Fsp3) is 0.357. The van der Waals surface area contributed by atoms with Crippen LogP contribution in [0.1, 0.15) is 23.8 Å². The highest BCUT2D eigenvalue weighted by atomic mass is 35.5. The smallest absolute Gasteiger partial charge is 0.271 e. The standard InChI is InChI=1S/C14H14Cl2N4OS/c1-8-5-9(7-22-8)18-14(21)12-6-17-19-20(12)13-10(15)3-2-4-11(13)16/h2-4,6,8-9H,5,7H2,1H3,(H,18,21). The number of rotatable bonds is 3. The zero-order valence-electron chi connectivity index (χ0n) is 11.8. The van der Waals surface area contributed by atoms with Crippen LogP contribution >= 0.6 is 35.0 Å². The Bertz CT molecular complexity index is 686. The molecule has 8 heteroatoms. The van der Waals surface area contributed by atoms with Gasteiger partial charge in [0, 0.05) is 17.0 Å². The second-order valence-electron chi connectivity index (χ2n) is 5.15. The average molecular weight is 357 g/mol. The van der Waals surface area contributed by atoms with Gasteiger partial charge in [0.1, 0.15) is 5.69 Å². The molecule has 22 heavy (non-hydrogen) atoms. The van der Waals surface area contributed by atoms with Crippen molar-refractivity contribution >= 4 is 40.9 Å². The number of benzene rings is 1. The molecule has 1 aromatic heterocycles. The van der Waals surface area contributed by atoms with Gasteiger partial charge in [0.15, 0.2) is 5.69 Å². The van der Waals surface area contributed by atoms with E-state index in [4.69, 9.17) is 23.2 Å². The normalized spacial score (nSPS) is 21.0. The van der Waals surface area contributed by atoms with E-state index in [2.05, 4.69) is 22.6 Å². The van der Waals surface area contributed by atoms with Crippen molar-refractivity contribution in [2.75, 3.05) is 5.75 Å². The van der Waals surface area contributed by atoms with Crippen molar-refractivity contribution in [2.45, 2.75) is 24.6 Å². The number of halogens is 2. The Balaban J connectivity index is 1.87. The van der Waals surface area contributed by atoms with Crippen molar-refractivity contribution in [1.82, 2.24) is 20.3 Å². The Kier molecular flexibility index (Phi) is 4.61. The minimum Gasteiger partial charge on any atom is -0.347 e. The van der Waals surface area contributed by atoms with Crippen LogP contribution in [0.15, 0.2) is 24.4 Å². The van der Waals surface area contributed by atoms with Crippen molar-refractivity contribution < 1.29 is 4.79 Å². The van der Waals surface area contributed by atoms with E-state index in [0.717, 1.165) is 12.2 Å². The second-order valence-corrected chi connectivity index (χ2v) is 7.44. The summed E-state index contributed by atoms with van der Waals surface area (Å²) in [4.78, 5) is 12.5. The largest absolute Gasteiger partial charge is 0.347 e. The molecule has 0 spiro atoms. The molecule has 2 unspecified atom stereocenters. The molecule has 2 heterocycles. The van der Waals surface area contributed by atoms with Crippen LogP contribution in [0, 0.1) is 0 Å². The quantitative estimate of drug-likeness (QED) is 0.917. The van der Waals surface area contributed by atoms with Gasteiger partial charge in [-0.15, -0.1) is 5.10 Å². The zero-order chi connectivity index (χ0) is 15.7. The second kappa shape index (κ2) is 6.48. The zero-order valence-corrected chi connectivity index (χ0v) is 14.1. The van der Waals surface area contributed by atoms with Gasteiger partial charge < -0.3 is 5.32 Å². The molecule has 0 aliphatic carbocycles. The molecule has 1 N–H and O–H groups in total. The van der Waals surface area contributed by atoms with Gasteiger partial charge in [0.05, 0.1) is 16.2 Å². The van der Waals surface area contributed by atoms with Crippen LogP contribution in [0.4, 0.5) is 0 Å². The van der Waals surface area contributed by atoms with Gasteiger partial charge in [-0.1, -0.05) is 41.4 Å². The molecule has 0 radical (unpaired) electrons. The van der Waals surface area contributed by atoms with Crippen molar-refractivity contribution in [1.29, 1.82) is 0 Å². The van der Waals surface area contributed by atoms with E-state index in [-0.39, 0.29) is 11.9 Å². The first kappa shape index (κ1) is 15.6. The Morgan fingerprint density at radius 1 is 1.41 bits per heavy atom. The molecular weight excluding hydrogens is 343 g/mol. The molecule has 0 saturated carbocycles. The Hall–Kier alpha value is -1.24. The Morgan fingerprint density at radius 3 is 2.77 bits per heavy atom. The summed E-state index contributed by atoms with van der Waals surface area (Å²) in [6.45, 7) is 2.16. The van der Waals surface area contributed by atoms with Gasteiger partial charge in [-0.25, -0.2) is 4.68 Å². The highest BCUT2D eigenvalue weighted by Crippen LogP contribution is 2.29. The number of nitrogens with zero attached hydrogens (tertiary/aromatic N) is 3. The number of carbonyl (C=O) groups is 1. The summed E-state index contributed by atoms with van der Waals surface area (Å²) in [5.74, 6) is 0.696. The third-order valence-corrected chi connectivity index (χ3v) is 5.43. The third kappa shape index (κ3) is 3.09. The molecule has 3 rings (SSSR count). The minimum atomic E-state index is -0.222. The van der Waals surface area contributed by atoms with Crippen molar-refractivity contribution in [3.05, 3.63) is 40.1 Å². The molecular formula is C14H14Cl2N4OS. The van der Waals surface area contributed by atoms with E-state index in [9.17, 15) is 4.79 Å². The van der Waals surface area contributed by atoms with E-state index < -0.39 is 0 Å². The molecule has 1 fully saturated rings. The van der Waals surface area contributed by atoms with Crippen LogP contribution < -0.4 is 5.32 Å². The summed E-state index contributed by atoms with van der Waals surface area (Å²) in [5, 5.41) is 12.2. The molecule has 1 amide bonds. The van der Waals surface area contributed by atoms with Gasteiger partial charge >= 0.3 is 0 Å². The maximum atomic E-state index is 12.5. The van der Waals surface area contributed by atoms with E-state index in [1.807, 2.05) is 11.8 Å². The number of aromatic nitrogens is 3. The number of amides is 1. The van der Waals surface area contributed by atoms with E-state index >= 15 is 0 Å². The number of nitrogens with one attached hydrogen (secondary N) is 1. The van der Waals surface area contributed by atoms with E-state index in [1.54, 1.807) is 18.2 Å². The lowest BCUT2D eigenvalue weighted by Crippen LogP contribution is -2.36. The van der Waals surface area contributed by atoms with Crippen LogP contribution in [-0.2, 0) is 0 Å². The first-order valence-corrected chi connectivity index (χ1v) is 8.64. The van der Waals surface area contributed by atoms with E-state index in [1.165, 1.54) is 10.9 Å². The van der Waals surface area contributed by atoms with Gasteiger partial charge in [0.2, 0.25) is 0 Å². The van der Waals surface area contributed by atoms with Crippen LogP contribution in [0.3, 0.4) is 0 Å². The molecule has 5 nitrogen and oxygen atoms in total. The first-order chi connectivity index (χ1) is 10.6. The summed E-state index contributed by atoms with van der Waals surface area (Å²) in [5.41, 5.74) is 0.780. The molecule has 2 aromatic rings. The maximum absolute atomic E-state index is 12.5. The van der Waals surface area contributed by atoms with Crippen molar-refractivity contribution in [3.63, 3.8) is 0 Å². The molecule has 1 aliphatic heterocycles. The lowest BCUT2D eigenvalue weighted by atomic mass is 10.2. The first-order valence-electron chi connectivity index (χ1n) is 6.84. The number of hydrogen-bond donors (Lipinski definition) is 1. The third-order valence-electron chi connectivity index (χ3n) is 3.46. The van der Waals surface area contributed by atoms with Crippen LogP contribution in [-0.4, -0.2) is 37.9 Å². The van der Waals surface area contributed by atoms with E-state index in [0.29, 0.717) is 26.7 Å². The number of para-hydroxylation sites is 1. The summed E-state index contributed by atoms with van der Waals surface area (Å²) in [7, 11) is 0. The summed E-state index contributed by atoms with van der Waals surface area (Å²) < 4.78 is 1.38. The molecule has 1 saturated heterocycles. The lowest BCUT2D eigenvalue weighted by molar-refractivity contribution is 0.0932. The number of hydrogen-bond acceptors (Lipinski definition) is 4. The topological polar surface area (TPSA) is 59.8 Å². The van der Waals surface area contributed by atoms with Crippen LogP contribution in [0.25, 0.3) is 5.69 Å². The van der Waals surface area contributed by atoms with Gasteiger partial charge in [0.25, 0.3) is 5.91 Å². The summed E-state index contributed by atoms with van der Waals surface area (Å²) in [6.07, 6.45) is 2.38. The highest BCUT2D eigenvalue weighted by molar-refractivity contribution is 8.00. The predicted molar refractivity (Wildman–Crippen MR) is 89.2 cm³/mol. The molecule has 2 atom stereocenters. The highest BCUT2D eigenvalue weighted by Gasteiger charge is 2.26. The van der Waals surface area contributed by atoms with Gasteiger partial charge in [-0.3, -0.25) is 4.79 Å². The lowest BCUT2D eigenvalue weighted by Gasteiger charge is -2.13. The fourth-order valence-electron chi connectivity index (χ4n) is 2.42. The summed E-state index contributed by atoms with van der Waals surface area (Å²) in [6, 6.07) is 5.29.